The minimum Gasteiger partial charge on any atom is -0.495 e. The Labute approximate surface area is 144 Å². The van der Waals surface area contributed by atoms with Crippen LogP contribution in [0.3, 0.4) is 0 Å². The van der Waals surface area contributed by atoms with Crippen LogP contribution in [0.1, 0.15) is 21.5 Å². The van der Waals surface area contributed by atoms with Crippen LogP contribution >= 0.6 is 11.3 Å². The van der Waals surface area contributed by atoms with Gasteiger partial charge in [0.2, 0.25) is 0 Å². The first-order valence-electron chi connectivity index (χ1n) is 7.43. The second-order valence-corrected chi connectivity index (χ2v) is 6.44. The van der Waals surface area contributed by atoms with Gasteiger partial charge in [-0.25, -0.2) is 4.98 Å². The maximum atomic E-state index is 12.6. The fourth-order valence-corrected chi connectivity index (χ4v) is 3.45. The van der Waals surface area contributed by atoms with Crippen molar-refractivity contribution in [1.82, 2.24) is 4.98 Å². The van der Waals surface area contributed by atoms with Crippen LogP contribution in [0.15, 0.2) is 30.3 Å². The van der Waals surface area contributed by atoms with Gasteiger partial charge in [0, 0.05) is 5.56 Å². The molecule has 0 saturated carbocycles. The summed E-state index contributed by atoms with van der Waals surface area (Å²) in [6.07, 6.45) is 0. The van der Waals surface area contributed by atoms with E-state index in [1.54, 1.807) is 20.3 Å². The van der Waals surface area contributed by atoms with Crippen molar-refractivity contribution in [3.05, 3.63) is 47.0 Å². The number of carbonyl (C=O) groups excluding carboxylic acids is 1. The van der Waals surface area contributed by atoms with Gasteiger partial charge < -0.3 is 9.47 Å². The number of hydrogen-bond donors (Lipinski definition) is 1. The lowest BCUT2D eigenvalue weighted by Gasteiger charge is -2.06. The van der Waals surface area contributed by atoms with Crippen molar-refractivity contribution < 1.29 is 14.3 Å². The van der Waals surface area contributed by atoms with Gasteiger partial charge in [-0.15, -0.1) is 0 Å². The number of nitrogens with zero attached hydrogens (tertiary/aromatic N) is 1. The summed E-state index contributed by atoms with van der Waals surface area (Å²) >= 11 is 1.36. The van der Waals surface area contributed by atoms with Gasteiger partial charge in [-0.05, 0) is 37.6 Å². The number of amides is 1. The molecule has 0 unspecified atom stereocenters. The number of carbonyl (C=O) groups is 1. The molecule has 0 aliphatic carbocycles. The zero-order valence-corrected chi connectivity index (χ0v) is 14.8. The number of fused-ring (bicyclic) bond motifs is 1. The van der Waals surface area contributed by atoms with Crippen molar-refractivity contribution in [3.8, 4) is 11.5 Å². The summed E-state index contributed by atoms with van der Waals surface area (Å²) in [5.41, 5.74) is 3.29. The Morgan fingerprint density at radius 3 is 2.50 bits per heavy atom. The van der Waals surface area contributed by atoms with Crippen molar-refractivity contribution in [2.75, 3.05) is 19.5 Å². The minimum atomic E-state index is -0.173. The van der Waals surface area contributed by atoms with E-state index in [-0.39, 0.29) is 5.91 Å². The second-order valence-electron chi connectivity index (χ2n) is 5.44. The van der Waals surface area contributed by atoms with Crippen molar-refractivity contribution >= 4 is 32.6 Å². The third kappa shape index (κ3) is 2.92. The molecule has 3 aromatic rings. The molecule has 1 aromatic heterocycles. The lowest BCUT2D eigenvalue weighted by Crippen LogP contribution is -2.13. The molecule has 0 atom stereocenters. The predicted molar refractivity (Wildman–Crippen MR) is 96.6 cm³/mol. The number of rotatable bonds is 4. The van der Waals surface area contributed by atoms with E-state index in [2.05, 4.69) is 10.3 Å². The van der Waals surface area contributed by atoms with Crippen LogP contribution in [-0.2, 0) is 0 Å². The number of methoxy groups -OCH3 is 2. The Morgan fingerprint density at radius 2 is 1.79 bits per heavy atom. The molecule has 1 heterocycles. The number of aryl methyl sites for hydroxylation is 2. The van der Waals surface area contributed by atoms with E-state index in [1.165, 1.54) is 11.3 Å². The summed E-state index contributed by atoms with van der Waals surface area (Å²) in [4.78, 5) is 17.1. The van der Waals surface area contributed by atoms with Gasteiger partial charge in [0.25, 0.3) is 5.91 Å². The van der Waals surface area contributed by atoms with E-state index >= 15 is 0 Å². The highest BCUT2D eigenvalue weighted by atomic mass is 32.1. The number of benzene rings is 2. The monoisotopic (exact) mass is 342 g/mol. The van der Waals surface area contributed by atoms with Gasteiger partial charge in [-0.1, -0.05) is 29.0 Å². The molecule has 5 nitrogen and oxygen atoms in total. The molecule has 124 valence electrons. The molecule has 24 heavy (non-hydrogen) atoms. The average molecular weight is 342 g/mol. The van der Waals surface area contributed by atoms with Crippen LogP contribution in [0.5, 0.6) is 11.5 Å². The quantitative estimate of drug-likeness (QED) is 0.772. The SMILES string of the molecule is COc1ccc(OC)c2sc(NC(=O)c3cc(C)ccc3C)nc12. The molecule has 0 aliphatic heterocycles. The van der Waals surface area contributed by atoms with E-state index in [1.807, 2.05) is 38.1 Å². The molecule has 0 aliphatic rings. The third-order valence-corrected chi connectivity index (χ3v) is 4.75. The molecule has 2 aromatic carbocycles. The zero-order chi connectivity index (χ0) is 17.3. The number of ether oxygens (including phenoxy) is 2. The van der Waals surface area contributed by atoms with Crippen LogP contribution < -0.4 is 14.8 Å². The van der Waals surface area contributed by atoms with Gasteiger partial charge in [0.05, 0.1) is 14.2 Å². The maximum Gasteiger partial charge on any atom is 0.257 e. The molecular formula is C18H18N2O3S. The number of nitrogens with one attached hydrogen (secondary N) is 1. The first-order valence-corrected chi connectivity index (χ1v) is 8.25. The van der Waals surface area contributed by atoms with Gasteiger partial charge in [-0.2, -0.15) is 0 Å². The minimum absolute atomic E-state index is 0.173. The van der Waals surface area contributed by atoms with Gasteiger partial charge in [0.1, 0.15) is 21.7 Å². The molecule has 0 bridgehead atoms. The molecule has 6 heteroatoms. The van der Waals surface area contributed by atoms with Gasteiger partial charge in [0.15, 0.2) is 5.13 Å². The fourth-order valence-electron chi connectivity index (χ4n) is 2.48. The van der Waals surface area contributed by atoms with Gasteiger partial charge in [-0.3, -0.25) is 10.1 Å². The van der Waals surface area contributed by atoms with Crippen molar-refractivity contribution in [1.29, 1.82) is 0 Å². The number of aromatic nitrogens is 1. The van der Waals surface area contributed by atoms with E-state index < -0.39 is 0 Å². The number of thiazole rings is 1. The normalized spacial score (nSPS) is 10.7. The molecule has 0 radical (unpaired) electrons. The predicted octanol–water partition coefficient (Wildman–Crippen LogP) is 4.18. The highest BCUT2D eigenvalue weighted by Gasteiger charge is 2.16. The molecule has 1 N–H and O–H groups in total. The average Bonchev–Trinajstić information content (AvgIpc) is 2.99. The smallest absolute Gasteiger partial charge is 0.257 e. The van der Waals surface area contributed by atoms with E-state index in [0.29, 0.717) is 27.7 Å². The Balaban J connectivity index is 1.98. The van der Waals surface area contributed by atoms with Crippen molar-refractivity contribution in [2.45, 2.75) is 13.8 Å². The first kappa shape index (κ1) is 16.3. The summed E-state index contributed by atoms with van der Waals surface area (Å²) in [6.45, 7) is 3.88. The Kier molecular flexibility index (Phi) is 4.40. The molecule has 1 amide bonds. The number of anilines is 1. The summed E-state index contributed by atoms with van der Waals surface area (Å²) in [7, 11) is 3.20. The lowest BCUT2D eigenvalue weighted by atomic mass is 10.1. The summed E-state index contributed by atoms with van der Waals surface area (Å²) in [6, 6.07) is 9.43. The lowest BCUT2D eigenvalue weighted by molar-refractivity contribution is 0.102. The topological polar surface area (TPSA) is 60.5 Å². The van der Waals surface area contributed by atoms with Crippen molar-refractivity contribution in [2.24, 2.45) is 0 Å². The van der Waals surface area contributed by atoms with E-state index in [0.717, 1.165) is 15.8 Å². The molecular weight excluding hydrogens is 324 g/mol. The fraction of sp³-hybridized carbons (Fsp3) is 0.222. The van der Waals surface area contributed by atoms with Gasteiger partial charge >= 0.3 is 0 Å². The zero-order valence-electron chi connectivity index (χ0n) is 14.0. The Morgan fingerprint density at radius 1 is 1.08 bits per heavy atom. The van der Waals surface area contributed by atoms with E-state index in [4.69, 9.17) is 9.47 Å². The second kappa shape index (κ2) is 6.49. The highest BCUT2D eigenvalue weighted by Crippen LogP contribution is 2.38. The van der Waals surface area contributed by atoms with E-state index in [9.17, 15) is 4.79 Å². The Bertz CT molecular complexity index is 877. The van der Waals surface area contributed by atoms with Crippen LogP contribution in [0.25, 0.3) is 10.2 Å². The van der Waals surface area contributed by atoms with Crippen molar-refractivity contribution in [3.63, 3.8) is 0 Å². The standard InChI is InChI=1S/C18H18N2O3S/c1-10-5-6-11(2)12(9-10)17(21)20-18-19-15-13(22-3)7-8-14(23-4)16(15)24-18/h5-9H,1-4H3,(H,19,20,21). The number of hydrogen-bond acceptors (Lipinski definition) is 5. The largest absolute Gasteiger partial charge is 0.495 e. The van der Waals surface area contributed by atoms with Crippen LogP contribution in [0, 0.1) is 13.8 Å². The first-order chi connectivity index (χ1) is 11.5. The summed E-state index contributed by atoms with van der Waals surface area (Å²) in [5, 5.41) is 3.39. The van der Waals surface area contributed by atoms with Crippen LogP contribution in [0.2, 0.25) is 0 Å². The third-order valence-electron chi connectivity index (χ3n) is 3.77. The molecule has 0 fully saturated rings. The highest BCUT2D eigenvalue weighted by molar-refractivity contribution is 7.22. The molecule has 0 spiro atoms. The molecule has 0 saturated heterocycles. The van der Waals surface area contributed by atoms with Crippen LogP contribution in [0.4, 0.5) is 5.13 Å². The van der Waals surface area contributed by atoms with Crippen LogP contribution in [-0.4, -0.2) is 25.1 Å². The summed E-state index contributed by atoms with van der Waals surface area (Å²) < 4.78 is 11.5. The summed E-state index contributed by atoms with van der Waals surface area (Å²) in [5.74, 6) is 1.18. The molecule has 3 rings (SSSR count). The Hall–Kier alpha value is -2.60. The maximum absolute atomic E-state index is 12.6.